The summed E-state index contributed by atoms with van der Waals surface area (Å²) in [6.45, 7) is 0. The Bertz CT molecular complexity index is 105. The number of rotatable bonds is 0. The van der Waals surface area contributed by atoms with Gasteiger partial charge in [-0.25, -0.2) is 0 Å². The zero-order valence-corrected chi connectivity index (χ0v) is 3.39. The van der Waals surface area contributed by atoms with Gasteiger partial charge in [-0.2, -0.15) is 0 Å². The summed E-state index contributed by atoms with van der Waals surface area (Å²) in [6, 6.07) is 0. The molecule has 0 bridgehead atoms. The molecule has 0 atom stereocenters. The van der Waals surface area contributed by atoms with Crippen LogP contribution in [0.1, 0.15) is 13.8 Å². The second-order valence-electron chi connectivity index (χ2n) is 1.21. The van der Waals surface area contributed by atoms with E-state index >= 15 is 0 Å². The number of nitrogens with zero attached hydrogens (tertiary/aromatic N) is 1. The van der Waals surface area contributed by atoms with Crippen LogP contribution in [-0.2, 0) is 0 Å². The minimum atomic E-state index is 0. The Hall–Kier alpha value is -0.525. The van der Waals surface area contributed by atoms with E-state index in [-0.39, 0.29) is 7.43 Å². The van der Waals surface area contributed by atoms with Crippen LogP contribution in [-0.4, -0.2) is 13.5 Å². The van der Waals surface area contributed by atoms with E-state index in [9.17, 15) is 0 Å². The topological polar surface area (TPSA) is 12.4 Å². The molecule has 0 N–H and O–H groups in total. The predicted molar refractivity (Wildman–Crippen MR) is 33.7 cm³/mol. The van der Waals surface area contributed by atoms with Crippen LogP contribution in [0.3, 0.4) is 0 Å². The third-order valence-corrected chi connectivity index (χ3v) is 0.673. The van der Waals surface area contributed by atoms with Crippen LogP contribution in [0.2, 0.25) is 0 Å². The summed E-state index contributed by atoms with van der Waals surface area (Å²) in [5.41, 5.74) is 0.718. The second kappa shape index (κ2) is 2.62. The number of hydrogen-bond acceptors (Lipinski definition) is 1. The average Bonchev–Trinajstić information content (AvgIpc) is 1.86. The molecule has 0 spiro atoms. The van der Waals surface area contributed by atoms with Gasteiger partial charge in [-0.15, -0.1) is 0 Å². The van der Waals surface area contributed by atoms with E-state index in [1.54, 1.807) is 6.20 Å². The number of allylic oxidation sites excluding steroid dienone is 1. The molecule has 0 amide bonds. The standard InChI is InChI=1S/C4H4BN.CH4/c5-4-2-1-3-6-4;/h1,3H,2H2;1H4. The second-order valence-corrected chi connectivity index (χ2v) is 1.21. The summed E-state index contributed by atoms with van der Waals surface area (Å²) < 4.78 is 0. The van der Waals surface area contributed by atoms with Crippen LogP contribution >= 0.6 is 0 Å². The van der Waals surface area contributed by atoms with Crippen molar-refractivity contribution in [1.29, 1.82) is 0 Å². The third-order valence-electron chi connectivity index (χ3n) is 0.673. The largest absolute Gasteiger partial charge is 0.277 e. The molecule has 1 aliphatic heterocycles. The Morgan fingerprint density at radius 1 is 1.71 bits per heavy atom. The Labute approximate surface area is 45.6 Å². The van der Waals surface area contributed by atoms with Gasteiger partial charge in [0.25, 0.3) is 0 Å². The van der Waals surface area contributed by atoms with Gasteiger partial charge in [0, 0.05) is 6.20 Å². The lowest BCUT2D eigenvalue weighted by Gasteiger charge is -1.76. The maximum atomic E-state index is 5.22. The first-order chi connectivity index (χ1) is 2.89. The van der Waals surface area contributed by atoms with E-state index in [0.29, 0.717) is 0 Å². The van der Waals surface area contributed by atoms with Crippen LogP contribution in [0, 0.1) is 0 Å². The van der Waals surface area contributed by atoms with E-state index in [0.717, 1.165) is 12.0 Å². The molecule has 1 heterocycles. The normalized spacial score (nSPS) is 15.7. The van der Waals surface area contributed by atoms with Crippen LogP contribution in [0.4, 0.5) is 0 Å². The fourth-order valence-corrected chi connectivity index (χ4v) is 0.375. The molecule has 0 aromatic rings. The Morgan fingerprint density at radius 3 is 2.57 bits per heavy atom. The molecule has 2 heteroatoms. The van der Waals surface area contributed by atoms with Crippen molar-refractivity contribution in [3.8, 4) is 0 Å². The monoisotopic (exact) mass is 93.1 g/mol. The van der Waals surface area contributed by atoms with Gasteiger partial charge in [0.15, 0.2) is 0 Å². The van der Waals surface area contributed by atoms with Gasteiger partial charge in [0.05, 0.1) is 0 Å². The summed E-state index contributed by atoms with van der Waals surface area (Å²) in [7, 11) is 5.22. The van der Waals surface area contributed by atoms with Crippen molar-refractivity contribution >= 4 is 13.5 Å². The Kier molecular flexibility index (Phi) is 2.42. The first-order valence-electron chi connectivity index (χ1n) is 1.87. The predicted octanol–water partition coefficient (Wildman–Crippen LogP) is 1.11. The van der Waals surface area contributed by atoms with Crippen molar-refractivity contribution in [2.75, 3.05) is 0 Å². The first-order valence-corrected chi connectivity index (χ1v) is 1.87. The SMILES string of the molecule is C.[B]C1=NC=CC1. The molecule has 0 aromatic carbocycles. The van der Waals surface area contributed by atoms with E-state index in [1.165, 1.54) is 0 Å². The highest BCUT2D eigenvalue weighted by Gasteiger charge is 1.87. The van der Waals surface area contributed by atoms with E-state index < -0.39 is 0 Å². The lowest BCUT2D eigenvalue weighted by Crippen LogP contribution is -1.87. The Balaban J connectivity index is 0.000000360. The molecular formula is C5H8BN. The third kappa shape index (κ3) is 1.58. The van der Waals surface area contributed by atoms with Crippen LogP contribution in [0.5, 0.6) is 0 Å². The summed E-state index contributed by atoms with van der Waals surface area (Å²) in [6.07, 6.45) is 4.48. The van der Waals surface area contributed by atoms with Gasteiger partial charge in [0.2, 0.25) is 0 Å². The summed E-state index contributed by atoms with van der Waals surface area (Å²) in [4.78, 5) is 3.75. The molecule has 1 aliphatic rings. The highest BCUT2D eigenvalue weighted by Crippen LogP contribution is 1.93. The zero-order valence-electron chi connectivity index (χ0n) is 3.39. The molecule has 0 saturated carbocycles. The van der Waals surface area contributed by atoms with E-state index in [4.69, 9.17) is 7.85 Å². The van der Waals surface area contributed by atoms with E-state index in [2.05, 4.69) is 4.99 Å². The van der Waals surface area contributed by atoms with Crippen LogP contribution < -0.4 is 0 Å². The maximum absolute atomic E-state index is 5.22. The van der Waals surface area contributed by atoms with Crippen molar-refractivity contribution in [3.05, 3.63) is 12.3 Å². The molecule has 0 fully saturated rings. The first kappa shape index (κ1) is 6.47. The average molecular weight is 92.9 g/mol. The summed E-state index contributed by atoms with van der Waals surface area (Å²) >= 11 is 0. The van der Waals surface area contributed by atoms with Gasteiger partial charge >= 0.3 is 0 Å². The fourth-order valence-electron chi connectivity index (χ4n) is 0.375. The Morgan fingerprint density at radius 2 is 2.43 bits per heavy atom. The molecule has 2 radical (unpaired) electrons. The van der Waals surface area contributed by atoms with Gasteiger partial charge in [-0.3, -0.25) is 4.99 Å². The highest BCUT2D eigenvalue weighted by atomic mass is 14.7. The molecule has 1 rings (SSSR count). The van der Waals surface area contributed by atoms with Gasteiger partial charge in [-0.1, -0.05) is 13.5 Å². The lowest BCUT2D eigenvalue weighted by molar-refractivity contribution is 1.59. The molecule has 0 aromatic heterocycles. The number of hydrogen-bond donors (Lipinski definition) is 0. The zero-order chi connectivity index (χ0) is 4.41. The minimum Gasteiger partial charge on any atom is -0.277 e. The van der Waals surface area contributed by atoms with Crippen molar-refractivity contribution in [1.82, 2.24) is 0 Å². The summed E-state index contributed by atoms with van der Waals surface area (Å²) in [5.74, 6) is 0. The van der Waals surface area contributed by atoms with E-state index in [1.807, 2.05) is 6.08 Å². The maximum Gasteiger partial charge on any atom is 0.135 e. The fraction of sp³-hybridized carbons (Fsp3) is 0.400. The van der Waals surface area contributed by atoms with Crippen molar-refractivity contribution in [2.45, 2.75) is 13.8 Å². The van der Waals surface area contributed by atoms with Crippen molar-refractivity contribution < 1.29 is 0 Å². The van der Waals surface area contributed by atoms with Gasteiger partial charge < -0.3 is 0 Å². The molecular weight excluding hydrogens is 84.9 g/mol. The highest BCUT2D eigenvalue weighted by molar-refractivity contribution is 6.60. The van der Waals surface area contributed by atoms with Crippen LogP contribution in [0.25, 0.3) is 0 Å². The van der Waals surface area contributed by atoms with Gasteiger partial charge in [-0.05, 0) is 12.0 Å². The molecule has 0 unspecified atom stereocenters. The molecule has 36 valence electrons. The number of aliphatic imine (C=N–C) groups is 1. The molecule has 0 saturated heterocycles. The molecule has 1 nitrogen and oxygen atoms in total. The quantitative estimate of drug-likeness (QED) is 0.397. The minimum absolute atomic E-state index is 0. The van der Waals surface area contributed by atoms with Crippen LogP contribution in [0.15, 0.2) is 17.3 Å². The molecule has 7 heavy (non-hydrogen) atoms. The molecule has 0 aliphatic carbocycles. The smallest absolute Gasteiger partial charge is 0.135 e. The van der Waals surface area contributed by atoms with Crippen molar-refractivity contribution in [2.24, 2.45) is 4.99 Å². The van der Waals surface area contributed by atoms with Gasteiger partial charge in [0.1, 0.15) is 7.85 Å². The van der Waals surface area contributed by atoms with Crippen molar-refractivity contribution in [3.63, 3.8) is 0 Å². The summed E-state index contributed by atoms with van der Waals surface area (Å²) in [5, 5.41) is 0. The lowest BCUT2D eigenvalue weighted by atomic mass is 10.00.